The molecule has 0 atom stereocenters. The van der Waals surface area contributed by atoms with Crippen LogP contribution in [0.25, 0.3) is 0 Å². The van der Waals surface area contributed by atoms with Crippen molar-refractivity contribution in [2.24, 2.45) is 0 Å². The van der Waals surface area contributed by atoms with Gasteiger partial charge < -0.3 is 9.73 Å². The fourth-order valence-electron chi connectivity index (χ4n) is 2.36. The van der Waals surface area contributed by atoms with Gasteiger partial charge in [-0.05, 0) is 38.0 Å². The highest BCUT2D eigenvalue weighted by Crippen LogP contribution is 2.42. The summed E-state index contributed by atoms with van der Waals surface area (Å²) in [6.45, 7) is 1.75. The first-order chi connectivity index (χ1) is 10.8. The summed E-state index contributed by atoms with van der Waals surface area (Å²) in [6, 6.07) is 4.55. The topological polar surface area (TPSA) is 60.1 Å². The predicted molar refractivity (Wildman–Crippen MR) is 74.5 cm³/mol. The van der Waals surface area contributed by atoms with Crippen LogP contribution in [-0.4, -0.2) is 15.7 Å². The van der Waals surface area contributed by atoms with Crippen molar-refractivity contribution in [3.8, 4) is 0 Å². The maximum Gasteiger partial charge on any atom is 0.435 e. The molecule has 0 aliphatic heterocycles. The van der Waals surface area contributed by atoms with E-state index in [1.54, 1.807) is 19.1 Å². The lowest BCUT2D eigenvalue weighted by molar-refractivity contribution is -0.141. The van der Waals surface area contributed by atoms with Crippen LogP contribution in [0.15, 0.2) is 22.6 Å². The Labute approximate surface area is 130 Å². The van der Waals surface area contributed by atoms with Crippen molar-refractivity contribution in [3.63, 3.8) is 0 Å². The molecule has 1 amide bonds. The van der Waals surface area contributed by atoms with Gasteiger partial charge in [-0.15, -0.1) is 0 Å². The van der Waals surface area contributed by atoms with E-state index in [2.05, 4.69) is 10.4 Å². The Balaban J connectivity index is 1.66. The molecule has 1 aliphatic rings. The molecule has 1 aliphatic carbocycles. The van der Waals surface area contributed by atoms with Gasteiger partial charge in [0.25, 0.3) is 0 Å². The Morgan fingerprint density at radius 1 is 1.43 bits per heavy atom. The number of alkyl halides is 3. The molecule has 1 saturated carbocycles. The van der Waals surface area contributed by atoms with Crippen LogP contribution in [0, 0.1) is 6.92 Å². The van der Waals surface area contributed by atoms with Crippen molar-refractivity contribution in [2.45, 2.75) is 44.9 Å². The average Bonchev–Trinajstić information content (AvgIpc) is 3.08. The van der Waals surface area contributed by atoms with Gasteiger partial charge in [-0.1, -0.05) is 0 Å². The Hall–Kier alpha value is -2.25. The maximum atomic E-state index is 12.8. The normalized spacial score (nSPS) is 15.0. The van der Waals surface area contributed by atoms with E-state index < -0.39 is 17.8 Å². The van der Waals surface area contributed by atoms with Gasteiger partial charge in [-0.25, -0.2) is 0 Å². The largest absolute Gasteiger partial charge is 0.465 e. The quantitative estimate of drug-likeness (QED) is 0.918. The van der Waals surface area contributed by atoms with Crippen LogP contribution in [0.4, 0.5) is 13.2 Å². The third-order valence-electron chi connectivity index (χ3n) is 3.65. The van der Waals surface area contributed by atoms with E-state index in [-0.39, 0.29) is 19.0 Å². The number of amides is 1. The van der Waals surface area contributed by atoms with Crippen molar-refractivity contribution in [1.82, 2.24) is 15.1 Å². The van der Waals surface area contributed by atoms with Gasteiger partial charge in [-0.3, -0.25) is 9.48 Å². The second-order valence-corrected chi connectivity index (χ2v) is 5.67. The summed E-state index contributed by atoms with van der Waals surface area (Å²) >= 11 is 0. The zero-order chi connectivity index (χ0) is 16.6. The van der Waals surface area contributed by atoms with E-state index in [9.17, 15) is 18.0 Å². The Morgan fingerprint density at radius 3 is 2.74 bits per heavy atom. The first-order valence-electron chi connectivity index (χ1n) is 7.30. The number of carbonyl (C=O) groups excluding carboxylic acids is 1. The molecular weight excluding hydrogens is 311 g/mol. The zero-order valence-corrected chi connectivity index (χ0v) is 12.5. The molecule has 23 heavy (non-hydrogen) atoms. The number of furan rings is 1. The minimum atomic E-state index is -4.50. The van der Waals surface area contributed by atoms with Crippen molar-refractivity contribution in [3.05, 3.63) is 41.1 Å². The van der Waals surface area contributed by atoms with Crippen molar-refractivity contribution >= 4 is 5.91 Å². The third kappa shape index (κ3) is 3.75. The number of hydrogen-bond acceptors (Lipinski definition) is 3. The summed E-state index contributed by atoms with van der Waals surface area (Å²) < 4.78 is 44.8. The third-order valence-corrected chi connectivity index (χ3v) is 3.65. The molecule has 2 aromatic heterocycles. The summed E-state index contributed by atoms with van der Waals surface area (Å²) in [4.78, 5) is 12.0. The Bertz CT molecular complexity index is 714. The number of hydrogen-bond donors (Lipinski definition) is 1. The SMILES string of the molecule is Cc1ccc(CNC(=O)Cn2nc(C(F)(F)F)cc2C2CC2)o1. The Kier molecular flexibility index (Phi) is 3.91. The van der Waals surface area contributed by atoms with Gasteiger partial charge in [0.05, 0.1) is 6.54 Å². The zero-order valence-electron chi connectivity index (χ0n) is 12.5. The van der Waals surface area contributed by atoms with E-state index in [4.69, 9.17) is 4.42 Å². The molecule has 0 radical (unpaired) electrons. The van der Waals surface area contributed by atoms with Gasteiger partial charge in [0.2, 0.25) is 5.91 Å². The molecule has 5 nitrogen and oxygen atoms in total. The molecule has 2 aromatic rings. The number of rotatable bonds is 5. The standard InChI is InChI=1S/C15H16F3N3O2/c1-9-2-5-11(23-9)7-19-14(22)8-21-12(10-3-4-10)6-13(20-21)15(16,17)18/h2,5-6,10H,3-4,7-8H2,1H3,(H,19,22). The van der Waals surface area contributed by atoms with Gasteiger partial charge in [0.15, 0.2) is 5.69 Å². The van der Waals surface area contributed by atoms with Crippen LogP contribution in [0.5, 0.6) is 0 Å². The summed E-state index contributed by atoms with van der Waals surface area (Å²) in [5, 5.41) is 6.17. The molecule has 3 rings (SSSR count). The second kappa shape index (κ2) is 5.75. The molecular formula is C15H16F3N3O2. The summed E-state index contributed by atoms with van der Waals surface area (Å²) in [7, 11) is 0. The molecule has 124 valence electrons. The van der Waals surface area contributed by atoms with E-state index in [0.717, 1.165) is 29.4 Å². The monoisotopic (exact) mass is 327 g/mol. The second-order valence-electron chi connectivity index (χ2n) is 5.67. The van der Waals surface area contributed by atoms with Crippen molar-refractivity contribution in [1.29, 1.82) is 0 Å². The van der Waals surface area contributed by atoms with E-state index in [1.165, 1.54) is 0 Å². The molecule has 0 saturated heterocycles. The van der Waals surface area contributed by atoms with Crippen LogP contribution < -0.4 is 5.32 Å². The number of nitrogens with zero attached hydrogens (tertiary/aromatic N) is 2. The first kappa shape index (κ1) is 15.6. The molecule has 2 heterocycles. The lowest BCUT2D eigenvalue weighted by atomic mass is 10.2. The maximum absolute atomic E-state index is 12.8. The molecule has 1 N–H and O–H groups in total. The lowest BCUT2D eigenvalue weighted by Crippen LogP contribution is -2.28. The van der Waals surface area contributed by atoms with E-state index in [1.807, 2.05) is 0 Å². The fourth-order valence-corrected chi connectivity index (χ4v) is 2.36. The number of aromatic nitrogens is 2. The number of halogens is 3. The van der Waals surface area contributed by atoms with E-state index in [0.29, 0.717) is 11.5 Å². The van der Waals surface area contributed by atoms with Crippen LogP contribution in [0.3, 0.4) is 0 Å². The van der Waals surface area contributed by atoms with Crippen LogP contribution in [-0.2, 0) is 24.1 Å². The Morgan fingerprint density at radius 2 is 2.17 bits per heavy atom. The van der Waals surface area contributed by atoms with Gasteiger partial charge in [0.1, 0.15) is 18.1 Å². The highest BCUT2D eigenvalue weighted by atomic mass is 19.4. The van der Waals surface area contributed by atoms with Crippen molar-refractivity contribution < 1.29 is 22.4 Å². The number of carbonyl (C=O) groups is 1. The predicted octanol–water partition coefficient (Wildman–Crippen LogP) is 3.00. The number of nitrogens with one attached hydrogen (secondary N) is 1. The van der Waals surface area contributed by atoms with Gasteiger partial charge in [0, 0.05) is 11.6 Å². The minimum Gasteiger partial charge on any atom is -0.465 e. The number of aryl methyl sites for hydroxylation is 1. The van der Waals surface area contributed by atoms with Gasteiger partial charge >= 0.3 is 6.18 Å². The lowest BCUT2D eigenvalue weighted by Gasteiger charge is -2.07. The summed E-state index contributed by atoms with van der Waals surface area (Å²) in [5.41, 5.74) is -0.477. The van der Waals surface area contributed by atoms with E-state index >= 15 is 0 Å². The molecule has 8 heteroatoms. The summed E-state index contributed by atoms with van der Waals surface area (Å²) in [6.07, 6.45) is -2.84. The smallest absolute Gasteiger partial charge is 0.435 e. The highest BCUT2D eigenvalue weighted by Gasteiger charge is 2.38. The van der Waals surface area contributed by atoms with Gasteiger partial charge in [-0.2, -0.15) is 18.3 Å². The molecule has 0 aromatic carbocycles. The average molecular weight is 327 g/mol. The van der Waals surface area contributed by atoms with Crippen LogP contribution in [0.1, 0.15) is 41.7 Å². The molecule has 0 bridgehead atoms. The van der Waals surface area contributed by atoms with Crippen LogP contribution in [0.2, 0.25) is 0 Å². The highest BCUT2D eigenvalue weighted by molar-refractivity contribution is 5.75. The van der Waals surface area contributed by atoms with Crippen molar-refractivity contribution in [2.75, 3.05) is 0 Å². The minimum absolute atomic E-state index is 0.0686. The molecule has 1 fully saturated rings. The van der Waals surface area contributed by atoms with Crippen LogP contribution >= 0.6 is 0 Å². The molecule has 0 unspecified atom stereocenters. The fraction of sp³-hybridized carbons (Fsp3) is 0.467. The molecule has 0 spiro atoms. The first-order valence-corrected chi connectivity index (χ1v) is 7.30. The summed E-state index contributed by atoms with van der Waals surface area (Å²) in [5.74, 6) is 0.985.